The number of nitrogens with zero attached hydrogens (tertiary/aromatic N) is 2. The van der Waals surface area contributed by atoms with Crippen molar-refractivity contribution in [2.75, 3.05) is 32.4 Å². The molecule has 116 valence electrons. The SMILES string of the molecule is CC1C(N)CCCC1C(=O)N1CCN(S(C)(=O)=O)CC1. The minimum absolute atomic E-state index is 0.00327. The smallest absolute Gasteiger partial charge is 0.226 e. The van der Waals surface area contributed by atoms with Gasteiger partial charge >= 0.3 is 0 Å². The van der Waals surface area contributed by atoms with E-state index < -0.39 is 10.0 Å². The van der Waals surface area contributed by atoms with Crippen molar-refractivity contribution in [1.82, 2.24) is 9.21 Å². The molecule has 20 heavy (non-hydrogen) atoms. The molecule has 2 aliphatic rings. The second-order valence-electron chi connectivity index (χ2n) is 6.05. The molecule has 0 aromatic rings. The van der Waals surface area contributed by atoms with Gasteiger partial charge in [0, 0.05) is 38.1 Å². The van der Waals surface area contributed by atoms with E-state index in [0.29, 0.717) is 26.2 Å². The zero-order valence-corrected chi connectivity index (χ0v) is 13.1. The first-order valence-corrected chi connectivity index (χ1v) is 9.15. The maximum Gasteiger partial charge on any atom is 0.226 e. The highest BCUT2D eigenvalue weighted by Gasteiger charge is 2.36. The molecular formula is C13H25N3O3S. The Morgan fingerprint density at radius 3 is 2.30 bits per heavy atom. The molecule has 3 atom stereocenters. The molecule has 1 amide bonds. The highest BCUT2D eigenvalue weighted by atomic mass is 32.2. The van der Waals surface area contributed by atoms with Gasteiger partial charge < -0.3 is 10.6 Å². The third-order valence-electron chi connectivity index (χ3n) is 4.70. The Morgan fingerprint density at radius 1 is 1.15 bits per heavy atom. The van der Waals surface area contributed by atoms with Crippen LogP contribution in [-0.2, 0) is 14.8 Å². The number of carbonyl (C=O) groups excluding carboxylic acids is 1. The minimum atomic E-state index is -3.14. The fourth-order valence-corrected chi connectivity index (χ4v) is 4.05. The monoisotopic (exact) mass is 303 g/mol. The zero-order chi connectivity index (χ0) is 14.9. The Bertz CT molecular complexity index is 457. The van der Waals surface area contributed by atoms with E-state index in [2.05, 4.69) is 6.92 Å². The summed E-state index contributed by atoms with van der Waals surface area (Å²) in [5, 5.41) is 0. The van der Waals surface area contributed by atoms with Gasteiger partial charge in [0.25, 0.3) is 0 Å². The first kappa shape index (κ1) is 15.7. The summed E-state index contributed by atoms with van der Waals surface area (Å²) in [6.07, 6.45) is 4.12. The molecule has 1 heterocycles. The standard InChI is InChI=1S/C13H25N3O3S/c1-10-11(4-3-5-12(10)14)13(17)15-6-8-16(9-7-15)20(2,18)19/h10-12H,3-9,14H2,1-2H3. The van der Waals surface area contributed by atoms with Crippen LogP contribution in [0.1, 0.15) is 26.2 Å². The highest BCUT2D eigenvalue weighted by Crippen LogP contribution is 2.30. The molecule has 3 unspecified atom stereocenters. The van der Waals surface area contributed by atoms with Crippen molar-refractivity contribution in [3.05, 3.63) is 0 Å². The largest absolute Gasteiger partial charge is 0.340 e. The average Bonchev–Trinajstić information content (AvgIpc) is 2.40. The van der Waals surface area contributed by atoms with Gasteiger partial charge in [0.15, 0.2) is 0 Å². The number of piperazine rings is 1. The number of hydrogen-bond acceptors (Lipinski definition) is 4. The number of hydrogen-bond donors (Lipinski definition) is 1. The molecule has 1 saturated heterocycles. The number of nitrogens with two attached hydrogens (primary N) is 1. The van der Waals surface area contributed by atoms with E-state index in [4.69, 9.17) is 5.73 Å². The van der Waals surface area contributed by atoms with Crippen LogP contribution in [-0.4, -0.2) is 62.0 Å². The first-order chi connectivity index (χ1) is 9.30. The Morgan fingerprint density at radius 2 is 1.75 bits per heavy atom. The molecule has 0 aromatic heterocycles. The molecule has 7 heteroatoms. The summed E-state index contributed by atoms with van der Waals surface area (Å²) in [5.74, 6) is 0.369. The lowest BCUT2D eigenvalue weighted by molar-refractivity contribution is -0.139. The first-order valence-electron chi connectivity index (χ1n) is 7.30. The molecule has 0 radical (unpaired) electrons. The number of carbonyl (C=O) groups is 1. The van der Waals surface area contributed by atoms with Crippen molar-refractivity contribution in [2.45, 2.75) is 32.2 Å². The van der Waals surface area contributed by atoms with E-state index in [1.165, 1.54) is 10.6 Å². The van der Waals surface area contributed by atoms with Crippen molar-refractivity contribution in [3.8, 4) is 0 Å². The van der Waals surface area contributed by atoms with Crippen molar-refractivity contribution >= 4 is 15.9 Å². The number of rotatable bonds is 2. The van der Waals surface area contributed by atoms with Gasteiger partial charge in [-0.15, -0.1) is 0 Å². The van der Waals surface area contributed by atoms with Gasteiger partial charge in [-0.2, -0.15) is 4.31 Å². The predicted octanol–water partition coefficient (Wildman–Crippen LogP) is -0.146. The van der Waals surface area contributed by atoms with Crippen LogP contribution >= 0.6 is 0 Å². The van der Waals surface area contributed by atoms with Crippen molar-refractivity contribution in [1.29, 1.82) is 0 Å². The van der Waals surface area contributed by atoms with E-state index in [0.717, 1.165) is 19.3 Å². The van der Waals surface area contributed by atoms with Crippen LogP contribution in [0.2, 0.25) is 0 Å². The fraction of sp³-hybridized carbons (Fsp3) is 0.923. The van der Waals surface area contributed by atoms with Crippen molar-refractivity contribution < 1.29 is 13.2 Å². The van der Waals surface area contributed by atoms with Crippen LogP contribution in [0.5, 0.6) is 0 Å². The lowest BCUT2D eigenvalue weighted by Crippen LogP contribution is -2.53. The van der Waals surface area contributed by atoms with E-state index in [1.54, 1.807) is 4.90 Å². The average molecular weight is 303 g/mol. The van der Waals surface area contributed by atoms with Gasteiger partial charge in [0.05, 0.1) is 6.26 Å². The lowest BCUT2D eigenvalue weighted by Gasteiger charge is -2.39. The molecule has 1 aliphatic carbocycles. The molecule has 0 spiro atoms. The van der Waals surface area contributed by atoms with Gasteiger partial charge in [0.2, 0.25) is 15.9 Å². The molecule has 2 rings (SSSR count). The lowest BCUT2D eigenvalue weighted by atomic mass is 9.76. The summed E-state index contributed by atoms with van der Waals surface area (Å²) < 4.78 is 24.4. The summed E-state index contributed by atoms with van der Waals surface area (Å²) in [7, 11) is -3.14. The normalized spacial score (nSPS) is 33.1. The molecule has 1 aliphatic heterocycles. The summed E-state index contributed by atoms with van der Waals surface area (Å²) in [6, 6.07) is 0.106. The quantitative estimate of drug-likeness (QED) is 0.769. The van der Waals surface area contributed by atoms with Crippen LogP contribution in [0.4, 0.5) is 0 Å². The Balaban J connectivity index is 1.95. The van der Waals surface area contributed by atoms with Crippen LogP contribution in [0.3, 0.4) is 0 Å². The van der Waals surface area contributed by atoms with Gasteiger partial charge in [-0.3, -0.25) is 4.79 Å². The Kier molecular flexibility index (Phi) is 4.71. The summed E-state index contributed by atoms with van der Waals surface area (Å²) in [4.78, 5) is 14.4. The molecular weight excluding hydrogens is 278 g/mol. The van der Waals surface area contributed by atoms with E-state index in [9.17, 15) is 13.2 Å². The van der Waals surface area contributed by atoms with E-state index >= 15 is 0 Å². The molecule has 2 fully saturated rings. The second kappa shape index (κ2) is 5.99. The summed E-state index contributed by atoms with van der Waals surface area (Å²) >= 11 is 0. The summed E-state index contributed by atoms with van der Waals surface area (Å²) in [6.45, 7) is 3.84. The van der Waals surface area contributed by atoms with Crippen molar-refractivity contribution in [2.24, 2.45) is 17.6 Å². The van der Waals surface area contributed by atoms with Crippen LogP contribution < -0.4 is 5.73 Å². The predicted molar refractivity (Wildman–Crippen MR) is 77.5 cm³/mol. The van der Waals surface area contributed by atoms with Gasteiger partial charge in [0.1, 0.15) is 0 Å². The Hall–Kier alpha value is -0.660. The van der Waals surface area contributed by atoms with Gasteiger partial charge in [-0.05, 0) is 18.8 Å². The molecule has 1 saturated carbocycles. The van der Waals surface area contributed by atoms with Gasteiger partial charge in [-0.1, -0.05) is 13.3 Å². The molecule has 6 nitrogen and oxygen atoms in total. The molecule has 2 N–H and O–H groups in total. The van der Waals surface area contributed by atoms with E-state index in [-0.39, 0.29) is 23.8 Å². The number of amides is 1. The maximum atomic E-state index is 12.6. The van der Waals surface area contributed by atoms with E-state index in [1.807, 2.05) is 0 Å². The summed E-state index contributed by atoms with van der Waals surface area (Å²) in [5.41, 5.74) is 6.06. The van der Waals surface area contributed by atoms with Crippen LogP contribution in [0, 0.1) is 11.8 Å². The number of sulfonamides is 1. The molecule has 0 aromatic carbocycles. The molecule has 0 bridgehead atoms. The fourth-order valence-electron chi connectivity index (χ4n) is 3.22. The topological polar surface area (TPSA) is 83.7 Å². The minimum Gasteiger partial charge on any atom is -0.340 e. The van der Waals surface area contributed by atoms with Gasteiger partial charge in [-0.25, -0.2) is 8.42 Å². The van der Waals surface area contributed by atoms with Crippen LogP contribution in [0.15, 0.2) is 0 Å². The van der Waals surface area contributed by atoms with Crippen molar-refractivity contribution in [3.63, 3.8) is 0 Å². The zero-order valence-electron chi connectivity index (χ0n) is 12.3. The third-order valence-corrected chi connectivity index (χ3v) is 6.00. The Labute approximate surface area is 121 Å². The third kappa shape index (κ3) is 3.32. The highest BCUT2D eigenvalue weighted by molar-refractivity contribution is 7.88. The maximum absolute atomic E-state index is 12.6. The van der Waals surface area contributed by atoms with Crippen LogP contribution in [0.25, 0.3) is 0 Å². The second-order valence-corrected chi connectivity index (χ2v) is 8.03.